The van der Waals surface area contributed by atoms with Crippen molar-refractivity contribution in [3.8, 4) is 0 Å². The number of hydrogen-bond donors (Lipinski definition) is 2. The molecule has 3 heteroatoms. The summed E-state index contributed by atoms with van der Waals surface area (Å²) in [4.78, 5) is 0. The fourth-order valence-corrected chi connectivity index (χ4v) is 0.465. The van der Waals surface area contributed by atoms with Crippen molar-refractivity contribution in [2.24, 2.45) is 11.5 Å². The van der Waals surface area contributed by atoms with Crippen LogP contribution in [0.15, 0.2) is 0 Å². The van der Waals surface area contributed by atoms with Crippen molar-refractivity contribution in [2.45, 2.75) is 19.3 Å². The highest BCUT2D eigenvalue weighted by Gasteiger charge is 1.80. The van der Waals surface area contributed by atoms with E-state index in [0.29, 0.717) is 0 Å². The van der Waals surface area contributed by atoms with Crippen molar-refractivity contribution < 1.29 is 0 Å². The first-order chi connectivity index (χ1) is 3.41. The quantitative estimate of drug-likeness (QED) is 0.542. The first-order valence-corrected chi connectivity index (χ1v) is 2.82. The highest BCUT2D eigenvalue weighted by atomic mass is 32.1. The molecule has 0 aromatic heterocycles. The van der Waals surface area contributed by atoms with Crippen molar-refractivity contribution in [1.29, 1.82) is 0 Å². The van der Waals surface area contributed by atoms with Crippen LogP contribution in [0.3, 0.4) is 0 Å². The lowest BCUT2D eigenvalue weighted by molar-refractivity contribution is 0.695. The molecule has 0 bridgehead atoms. The summed E-state index contributed by atoms with van der Waals surface area (Å²) in [6, 6.07) is 0. The third-order valence-electron chi connectivity index (χ3n) is 0.908. The first kappa shape index (κ1) is 11.1. The minimum Gasteiger partial charge on any atom is -0.330 e. The van der Waals surface area contributed by atoms with Gasteiger partial charge >= 0.3 is 0 Å². The SMILES string of the molecule is NCCCCCN.S. The van der Waals surface area contributed by atoms with Crippen molar-refractivity contribution >= 4 is 13.5 Å². The highest BCUT2D eigenvalue weighted by molar-refractivity contribution is 7.59. The van der Waals surface area contributed by atoms with Gasteiger partial charge in [-0.05, 0) is 25.9 Å². The van der Waals surface area contributed by atoms with E-state index in [1.165, 1.54) is 6.42 Å². The summed E-state index contributed by atoms with van der Waals surface area (Å²) in [7, 11) is 0. The summed E-state index contributed by atoms with van der Waals surface area (Å²) in [6.45, 7) is 1.61. The van der Waals surface area contributed by atoms with Crippen molar-refractivity contribution in [1.82, 2.24) is 0 Å². The fourth-order valence-electron chi connectivity index (χ4n) is 0.465. The normalized spacial score (nSPS) is 8.25. The molecule has 0 heterocycles. The number of hydrogen-bond acceptors (Lipinski definition) is 2. The second-order valence-electron chi connectivity index (χ2n) is 1.64. The number of nitrogens with two attached hydrogens (primary N) is 2. The minimum atomic E-state index is 0. The molecule has 0 aliphatic rings. The fraction of sp³-hybridized carbons (Fsp3) is 1.00. The lowest BCUT2D eigenvalue weighted by atomic mass is 10.2. The van der Waals surface area contributed by atoms with Gasteiger partial charge in [0.2, 0.25) is 0 Å². The van der Waals surface area contributed by atoms with Crippen LogP contribution < -0.4 is 11.5 Å². The summed E-state index contributed by atoms with van der Waals surface area (Å²) in [5, 5.41) is 0. The molecular weight excluding hydrogens is 120 g/mol. The maximum atomic E-state index is 5.23. The van der Waals surface area contributed by atoms with Crippen LogP contribution in [0.5, 0.6) is 0 Å². The van der Waals surface area contributed by atoms with E-state index in [-0.39, 0.29) is 13.5 Å². The van der Waals surface area contributed by atoms with Crippen LogP contribution in [0.4, 0.5) is 0 Å². The largest absolute Gasteiger partial charge is 0.330 e. The Labute approximate surface area is 58.1 Å². The predicted molar refractivity (Wildman–Crippen MR) is 42.3 cm³/mol. The average molecular weight is 136 g/mol. The molecule has 2 nitrogen and oxygen atoms in total. The molecule has 0 saturated heterocycles. The van der Waals surface area contributed by atoms with Gasteiger partial charge in [-0.1, -0.05) is 6.42 Å². The molecule has 0 saturated carbocycles. The standard InChI is InChI=1S/C5H14N2.H2S/c6-4-2-1-3-5-7;/h1-7H2;1H2. The molecule has 0 aliphatic heterocycles. The van der Waals surface area contributed by atoms with Gasteiger partial charge in [-0.2, -0.15) is 13.5 Å². The second kappa shape index (κ2) is 10.3. The van der Waals surface area contributed by atoms with Gasteiger partial charge in [-0.25, -0.2) is 0 Å². The molecule has 0 radical (unpaired) electrons. The van der Waals surface area contributed by atoms with E-state index in [4.69, 9.17) is 11.5 Å². The Kier molecular flexibility index (Phi) is 14.3. The van der Waals surface area contributed by atoms with Crippen molar-refractivity contribution in [2.75, 3.05) is 13.1 Å². The van der Waals surface area contributed by atoms with Gasteiger partial charge in [-0.3, -0.25) is 0 Å². The van der Waals surface area contributed by atoms with Gasteiger partial charge in [0, 0.05) is 0 Å². The van der Waals surface area contributed by atoms with E-state index in [1.54, 1.807) is 0 Å². The van der Waals surface area contributed by atoms with E-state index in [9.17, 15) is 0 Å². The van der Waals surface area contributed by atoms with E-state index in [2.05, 4.69) is 0 Å². The van der Waals surface area contributed by atoms with Crippen LogP contribution >= 0.6 is 13.5 Å². The second-order valence-corrected chi connectivity index (χ2v) is 1.64. The van der Waals surface area contributed by atoms with Crippen LogP contribution in [0.1, 0.15) is 19.3 Å². The molecule has 0 aliphatic carbocycles. The summed E-state index contributed by atoms with van der Waals surface area (Å²) in [6.07, 6.45) is 3.43. The maximum absolute atomic E-state index is 5.23. The Hall–Kier alpha value is 0.270. The van der Waals surface area contributed by atoms with E-state index < -0.39 is 0 Å². The molecule has 0 atom stereocenters. The molecule has 0 amide bonds. The molecule has 52 valence electrons. The Morgan fingerprint density at radius 3 is 1.38 bits per heavy atom. The third-order valence-corrected chi connectivity index (χ3v) is 0.908. The molecule has 0 rings (SSSR count). The van der Waals surface area contributed by atoms with Gasteiger partial charge in [0.25, 0.3) is 0 Å². The first-order valence-electron chi connectivity index (χ1n) is 2.82. The Balaban J connectivity index is 0. The number of rotatable bonds is 4. The molecule has 0 fully saturated rings. The van der Waals surface area contributed by atoms with E-state index in [0.717, 1.165) is 25.9 Å². The summed E-state index contributed by atoms with van der Waals surface area (Å²) in [5.74, 6) is 0. The maximum Gasteiger partial charge on any atom is -0.00773 e. The van der Waals surface area contributed by atoms with Gasteiger partial charge in [0.1, 0.15) is 0 Å². The van der Waals surface area contributed by atoms with Crippen LogP contribution in [0, 0.1) is 0 Å². The molecular formula is C5H16N2S. The Morgan fingerprint density at radius 1 is 0.750 bits per heavy atom. The van der Waals surface area contributed by atoms with Gasteiger partial charge in [-0.15, -0.1) is 0 Å². The molecule has 0 aromatic carbocycles. The zero-order valence-corrected chi connectivity index (χ0v) is 6.19. The van der Waals surface area contributed by atoms with E-state index >= 15 is 0 Å². The van der Waals surface area contributed by atoms with Crippen molar-refractivity contribution in [3.63, 3.8) is 0 Å². The van der Waals surface area contributed by atoms with Gasteiger partial charge in [0.15, 0.2) is 0 Å². The molecule has 0 aromatic rings. The van der Waals surface area contributed by atoms with Crippen LogP contribution in [-0.4, -0.2) is 13.1 Å². The van der Waals surface area contributed by atoms with Crippen LogP contribution in [0.2, 0.25) is 0 Å². The summed E-state index contributed by atoms with van der Waals surface area (Å²) >= 11 is 0. The zero-order chi connectivity index (χ0) is 5.54. The lowest BCUT2D eigenvalue weighted by Crippen LogP contribution is -2.02. The molecule has 0 unspecified atom stereocenters. The van der Waals surface area contributed by atoms with Crippen molar-refractivity contribution in [3.05, 3.63) is 0 Å². The molecule has 0 spiro atoms. The Morgan fingerprint density at radius 2 is 1.12 bits per heavy atom. The van der Waals surface area contributed by atoms with Gasteiger partial charge < -0.3 is 11.5 Å². The van der Waals surface area contributed by atoms with Crippen LogP contribution in [0.25, 0.3) is 0 Å². The van der Waals surface area contributed by atoms with E-state index in [1.807, 2.05) is 0 Å². The third kappa shape index (κ3) is 9.55. The zero-order valence-electron chi connectivity index (χ0n) is 5.19. The average Bonchev–Trinajstić information content (AvgIpc) is 1.69. The summed E-state index contributed by atoms with van der Waals surface area (Å²) in [5.41, 5.74) is 10.5. The monoisotopic (exact) mass is 136 g/mol. The molecule has 4 N–H and O–H groups in total. The van der Waals surface area contributed by atoms with Crippen LogP contribution in [-0.2, 0) is 0 Å². The minimum absolute atomic E-state index is 0. The molecule has 8 heavy (non-hydrogen) atoms. The lowest BCUT2D eigenvalue weighted by Gasteiger charge is -1.91. The number of unbranched alkanes of at least 4 members (excludes halogenated alkanes) is 2. The van der Waals surface area contributed by atoms with Gasteiger partial charge in [0.05, 0.1) is 0 Å². The Bertz CT molecular complexity index is 29.6. The smallest absolute Gasteiger partial charge is 0.00773 e. The highest BCUT2D eigenvalue weighted by Crippen LogP contribution is 1.88. The topological polar surface area (TPSA) is 52.0 Å². The predicted octanol–water partition coefficient (Wildman–Crippen LogP) is 0.187. The summed E-state index contributed by atoms with van der Waals surface area (Å²) < 4.78 is 0.